The fraction of sp³-hybridized carbons (Fsp3) is 0.316. The van der Waals surface area contributed by atoms with Crippen LogP contribution in [0.1, 0.15) is 17.3 Å². The van der Waals surface area contributed by atoms with Crippen molar-refractivity contribution in [2.75, 3.05) is 35.5 Å². The van der Waals surface area contributed by atoms with E-state index >= 15 is 0 Å². The van der Waals surface area contributed by atoms with Gasteiger partial charge in [0.25, 0.3) is 0 Å². The summed E-state index contributed by atoms with van der Waals surface area (Å²) in [5.41, 5.74) is 1.93. The molecule has 0 radical (unpaired) electrons. The van der Waals surface area contributed by atoms with Crippen LogP contribution in [0.15, 0.2) is 24.3 Å². The summed E-state index contributed by atoms with van der Waals surface area (Å²) in [6.45, 7) is 1.50. The number of ether oxygens (including phenoxy) is 5. The van der Waals surface area contributed by atoms with Crippen molar-refractivity contribution in [3.8, 4) is 39.9 Å². The minimum atomic E-state index is -0.0929. The van der Waals surface area contributed by atoms with E-state index in [1.807, 2.05) is 0 Å². The molecule has 0 atom stereocenters. The average Bonchev–Trinajstić information content (AvgIpc) is 2.65. The molecule has 0 aliphatic heterocycles. The van der Waals surface area contributed by atoms with Crippen molar-refractivity contribution in [1.29, 1.82) is 0 Å². The number of benzene rings is 2. The molecule has 0 bridgehead atoms. The minimum Gasteiger partial charge on any atom is -0.493 e. The van der Waals surface area contributed by atoms with Crippen LogP contribution in [0.5, 0.6) is 28.7 Å². The van der Waals surface area contributed by atoms with E-state index in [9.17, 15) is 4.79 Å². The third-order valence-electron chi connectivity index (χ3n) is 3.88. The first-order chi connectivity index (χ1) is 12.0. The molecule has 2 rings (SSSR count). The summed E-state index contributed by atoms with van der Waals surface area (Å²) in [4.78, 5) is 12.2. The Kier molecular flexibility index (Phi) is 5.75. The Hall–Kier alpha value is -2.89. The van der Waals surface area contributed by atoms with Crippen LogP contribution in [0, 0.1) is 0 Å². The van der Waals surface area contributed by atoms with Crippen LogP contribution >= 0.6 is 0 Å². The van der Waals surface area contributed by atoms with Gasteiger partial charge >= 0.3 is 0 Å². The molecule has 0 saturated heterocycles. The average molecular weight is 346 g/mol. The van der Waals surface area contributed by atoms with Crippen molar-refractivity contribution in [3.05, 3.63) is 29.8 Å². The molecule has 0 N–H and O–H groups in total. The van der Waals surface area contributed by atoms with E-state index in [-0.39, 0.29) is 5.78 Å². The van der Waals surface area contributed by atoms with Gasteiger partial charge in [0.05, 0.1) is 35.5 Å². The first-order valence-electron chi connectivity index (χ1n) is 7.58. The van der Waals surface area contributed by atoms with Crippen LogP contribution in [0.3, 0.4) is 0 Å². The van der Waals surface area contributed by atoms with Gasteiger partial charge < -0.3 is 23.7 Å². The molecule has 0 spiro atoms. The normalized spacial score (nSPS) is 10.2. The SMILES string of the molecule is COc1cc(C(C)=O)c(-c2cc(OC)c(OC)c(OC)c2)cc1OC. The molecule has 0 aromatic heterocycles. The third-order valence-corrected chi connectivity index (χ3v) is 3.88. The van der Waals surface area contributed by atoms with E-state index in [1.165, 1.54) is 21.1 Å². The van der Waals surface area contributed by atoms with E-state index in [2.05, 4.69) is 0 Å². The van der Waals surface area contributed by atoms with Crippen molar-refractivity contribution in [1.82, 2.24) is 0 Å². The first kappa shape index (κ1) is 18.4. The second kappa shape index (κ2) is 7.79. The lowest BCUT2D eigenvalue weighted by atomic mass is 9.96. The molecule has 0 unspecified atom stereocenters. The number of ketones is 1. The van der Waals surface area contributed by atoms with E-state index in [0.717, 1.165) is 5.56 Å². The lowest BCUT2D eigenvalue weighted by Gasteiger charge is -2.17. The maximum Gasteiger partial charge on any atom is 0.203 e. The Morgan fingerprint density at radius 2 is 1.16 bits per heavy atom. The summed E-state index contributed by atoms with van der Waals surface area (Å²) in [6, 6.07) is 7.00. The molecule has 0 fully saturated rings. The molecule has 0 amide bonds. The Balaban J connectivity index is 2.78. The maximum absolute atomic E-state index is 12.2. The van der Waals surface area contributed by atoms with Crippen molar-refractivity contribution in [2.45, 2.75) is 6.92 Å². The number of hydrogen-bond donors (Lipinski definition) is 0. The molecule has 2 aromatic rings. The van der Waals surface area contributed by atoms with Crippen LogP contribution in [-0.4, -0.2) is 41.3 Å². The lowest BCUT2D eigenvalue weighted by molar-refractivity contribution is 0.101. The van der Waals surface area contributed by atoms with Gasteiger partial charge in [-0.2, -0.15) is 0 Å². The van der Waals surface area contributed by atoms with Crippen LogP contribution in [0.2, 0.25) is 0 Å². The predicted molar refractivity (Wildman–Crippen MR) is 94.6 cm³/mol. The molecule has 2 aromatic carbocycles. The summed E-state index contributed by atoms with van der Waals surface area (Å²) >= 11 is 0. The first-order valence-corrected chi connectivity index (χ1v) is 7.58. The minimum absolute atomic E-state index is 0.0929. The van der Waals surface area contributed by atoms with Crippen LogP contribution in [0.4, 0.5) is 0 Å². The molecular weight excluding hydrogens is 324 g/mol. The van der Waals surface area contributed by atoms with Crippen LogP contribution < -0.4 is 23.7 Å². The molecule has 6 nitrogen and oxygen atoms in total. The molecule has 6 heteroatoms. The van der Waals surface area contributed by atoms with Gasteiger partial charge in [0, 0.05) is 5.56 Å². The highest BCUT2D eigenvalue weighted by molar-refractivity contribution is 6.02. The van der Waals surface area contributed by atoms with Gasteiger partial charge in [-0.15, -0.1) is 0 Å². The van der Waals surface area contributed by atoms with Gasteiger partial charge in [-0.3, -0.25) is 4.79 Å². The van der Waals surface area contributed by atoms with E-state index in [1.54, 1.807) is 45.6 Å². The number of hydrogen-bond acceptors (Lipinski definition) is 6. The zero-order valence-corrected chi connectivity index (χ0v) is 15.3. The zero-order chi connectivity index (χ0) is 18.6. The fourth-order valence-electron chi connectivity index (χ4n) is 2.65. The predicted octanol–water partition coefficient (Wildman–Crippen LogP) is 3.60. The smallest absolute Gasteiger partial charge is 0.203 e. The zero-order valence-electron chi connectivity index (χ0n) is 15.3. The summed E-state index contributed by atoms with van der Waals surface area (Å²) in [5.74, 6) is 2.41. The Morgan fingerprint density at radius 3 is 1.56 bits per heavy atom. The van der Waals surface area contributed by atoms with Crippen molar-refractivity contribution >= 4 is 5.78 Å². The number of Topliss-reactive ketones (excluding diaryl/α,β-unsaturated/α-hetero) is 1. The molecule has 0 aliphatic rings. The number of methoxy groups -OCH3 is 5. The second-order valence-electron chi connectivity index (χ2n) is 5.22. The molecule has 25 heavy (non-hydrogen) atoms. The van der Waals surface area contributed by atoms with Gasteiger partial charge in [0.15, 0.2) is 28.8 Å². The summed E-state index contributed by atoms with van der Waals surface area (Å²) < 4.78 is 26.8. The monoisotopic (exact) mass is 346 g/mol. The van der Waals surface area contributed by atoms with Crippen molar-refractivity contribution in [2.24, 2.45) is 0 Å². The second-order valence-corrected chi connectivity index (χ2v) is 5.22. The molecule has 0 aliphatic carbocycles. The van der Waals surface area contributed by atoms with Crippen LogP contribution in [-0.2, 0) is 0 Å². The lowest BCUT2D eigenvalue weighted by Crippen LogP contribution is -2.01. The van der Waals surface area contributed by atoms with Gasteiger partial charge in [0.2, 0.25) is 5.75 Å². The van der Waals surface area contributed by atoms with E-state index < -0.39 is 0 Å². The highest BCUT2D eigenvalue weighted by atomic mass is 16.5. The Morgan fingerprint density at radius 1 is 0.680 bits per heavy atom. The molecule has 0 heterocycles. The molecule has 0 saturated carbocycles. The molecule has 134 valence electrons. The van der Waals surface area contributed by atoms with Crippen molar-refractivity contribution in [3.63, 3.8) is 0 Å². The quantitative estimate of drug-likeness (QED) is 0.714. The number of carbonyl (C=O) groups excluding carboxylic acids is 1. The van der Waals surface area contributed by atoms with Crippen molar-refractivity contribution < 1.29 is 28.5 Å². The third kappa shape index (κ3) is 3.47. The maximum atomic E-state index is 12.2. The molecular formula is C19H22O6. The van der Waals surface area contributed by atoms with Crippen LogP contribution in [0.25, 0.3) is 11.1 Å². The van der Waals surface area contributed by atoms with Gasteiger partial charge in [-0.1, -0.05) is 0 Å². The standard InChI is InChI=1S/C19H22O6/c1-11(20)13-9-15(21-2)16(22-3)10-14(13)12-7-17(23-4)19(25-6)18(8-12)24-5/h7-10H,1-6H3. The topological polar surface area (TPSA) is 63.2 Å². The summed E-state index contributed by atoms with van der Waals surface area (Å²) in [6.07, 6.45) is 0. The van der Waals surface area contributed by atoms with Gasteiger partial charge in [0.1, 0.15) is 0 Å². The highest BCUT2D eigenvalue weighted by Crippen LogP contribution is 2.43. The van der Waals surface area contributed by atoms with E-state index in [4.69, 9.17) is 23.7 Å². The number of rotatable bonds is 7. The summed E-state index contributed by atoms with van der Waals surface area (Å²) in [5, 5.41) is 0. The largest absolute Gasteiger partial charge is 0.493 e. The number of carbonyl (C=O) groups is 1. The highest BCUT2D eigenvalue weighted by Gasteiger charge is 2.19. The van der Waals surface area contributed by atoms with Gasteiger partial charge in [-0.25, -0.2) is 0 Å². The summed E-state index contributed by atoms with van der Waals surface area (Å²) in [7, 11) is 7.70. The van der Waals surface area contributed by atoms with E-state index in [0.29, 0.717) is 39.9 Å². The Bertz CT molecular complexity index is 757. The Labute approximate surface area is 147 Å². The van der Waals surface area contributed by atoms with Gasteiger partial charge in [-0.05, 0) is 42.3 Å². The fourth-order valence-corrected chi connectivity index (χ4v) is 2.65.